The maximum absolute atomic E-state index is 6.02. The molecule has 0 aromatic carbocycles. The smallest absolute Gasteiger partial charge is 0.215 e. The number of anilines is 1. The van der Waals surface area contributed by atoms with E-state index in [2.05, 4.69) is 31.1 Å². The highest BCUT2D eigenvalue weighted by Crippen LogP contribution is 2.36. The molecule has 0 spiro atoms. The first-order chi connectivity index (χ1) is 9.09. The van der Waals surface area contributed by atoms with Crippen LogP contribution in [0.15, 0.2) is 18.2 Å². The number of aromatic nitrogens is 1. The van der Waals surface area contributed by atoms with Crippen molar-refractivity contribution in [2.45, 2.75) is 59.0 Å². The number of ether oxygens (including phenoxy) is 1. The number of hydrogen-bond donors (Lipinski definition) is 1. The Balaban J connectivity index is 1.89. The molecule has 19 heavy (non-hydrogen) atoms. The molecule has 0 bridgehead atoms. The highest BCUT2D eigenvalue weighted by atomic mass is 16.5. The molecule has 2 rings (SSSR count). The summed E-state index contributed by atoms with van der Waals surface area (Å²) in [6.07, 6.45) is 6.20. The zero-order valence-corrected chi connectivity index (χ0v) is 12.4. The van der Waals surface area contributed by atoms with Gasteiger partial charge in [0.25, 0.3) is 0 Å². The summed E-state index contributed by atoms with van der Waals surface area (Å²) in [5, 5.41) is 3.29. The van der Waals surface area contributed by atoms with Crippen molar-refractivity contribution in [2.24, 2.45) is 5.41 Å². The van der Waals surface area contributed by atoms with Gasteiger partial charge < -0.3 is 10.1 Å². The van der Waals surface area contributed by atoms with Crippen LogP contribution in [0.5, 0.6) is 5.88 Å². The molecule has 0 aliphatic heterocycles. The van der Waals surface area contributed by atoms with E-state index >= 15 is 0 Å². The van der Waals surface area contributed by atoms with Crippen molar-refractivity contribution in [2.75, 3.05) is 11.9 Å². The SMILES string of the molecule is CCCNc1cccc(OC2CCC(C)(C)CC2)n1. The molecule has 0 amide bonds. The Morgan fingerprint density at radius 3 is 2.74 bits per heavy atom. The predicted octanol–water partition coefficient (Wildman–Crippen LogP) is 4.25. The maximum atomic E-state index is 6.02. The third-order valence-corrected chi connectivity index (χ3v) is 3.85. The first kappa shape index (κ1) is 14.2. The van der Waals surface area contributed by atoms with Crippen molar-refractivity contribution in [1.29, 1.82) is 0 Å². The largest absolute Gasteiger partial charge is 0.474 e. The summed E-state index contributed by atoms with van der Waals surface area (Å²) < 4.78 is 6.02. The second-order valence-corrected chi connectivity index (χ2v) is 6.27. The summed E-state index contributed by atoms with van der Waals surface area (Å²) in [5.41, 5.74) is 0.484. The fourth-order valence-corrected chi connectivity index (χ4v) is 2.49. The Kier molecular flexibility index (Phi) is 4.67. The Morgan fingerprint density at radius 2 is 2.05 bits per heavy atom. The van der Waals surface area contributed by atoms with Gasteiger partial charge in [-0.05, 0) is 43.6 Å². The van der Waals surface area contributed by atoms with Gasteiger partial charge in [0.15, 0.2) is 0 Å². The minimum Gasteiger partial charge on any atom is -0.474 e. The lowest BCUT2D eigenvalue weighted by atomic mass is 9.76. The van der Waals surface area contributed by atoms with Crippen LogP contribution in [0, 0.1) is 5.41 Å². The van der Waals surface area contributed by atoms with E-state index in [9.17, 15) is 0 Å². The normalized spacial score (nSPS) is 19.1. The van der Waals surface area contributed by atoms with E-state index in [1.807, 2.05) is 18.2 Å². The van der Waals surface area contributed by atoms with Gasteiger partial charge in [0.2, 0.25) is 5.88 Å². The van der Waals surface area contributed by atoms with Crippen molar-refractivity contribution in [1.82, 2.24) is 4.98 Å². The number of nitrogens with zero attached hydrogens (tertiary/aromatic N) is 1. The van der Waals surface area contributed by atoms with Crippen LogP contribution in [0.25, 0.3) is 0 Å². The lowest BCUT2D eigenvalue weighted by Gasteiger charge is -2.34. The molecule has 0 radical (unpaired) electrons. The van der Waals surface area contributed by atoms with Crippen LogP contribution in [-0.4, -0.2) is 17.6 Å². The Bertz CT molecular complexity index is 393. The van der Waals surface area contributed by atoms with Gasteiger partial charge in [-0.3, -0.25) is 0 Å². The predicted molar refractivity (Wildman–Crippen MR) is 79.7 cm³/mol. The van der Waals surface area contributed by atoms with Crippen molar-refractivity contribution in [3.63, 3.8) is 0 Å². The summed E-state index contributed by atoms with van der Waals surface area (Å²) in [4.78, 5) is 4.51. The molecule has 0 unspecified atom stereocenters. The first-order valence-electron chi connectivity index (χ1n) is 7.47. The van der Waals surface area contributed by atoms with E-state index in [0.29, 0.717) is 11.5 Å². The van der Waals surface area contributed by atoms with E-state index in [1.165, 1.54) is 12.8 Å². The summed E-state index contributed by atoms with van der Waals surface area (Å²) >= 11 is 0. The summed E-state index contributed by atoms with van der Waals surface area (Å²) in [6.45, 7) is 7.79. The summed E-state index contributed by atoms with van der Waals surface area (Å²) in [5.74, 6) is 1.67. The lowest BCUT2D eigenvalue weighted by Crippen LogP contribution is -2.28. The van der Waals surface area contributed by atoms with Gasteiger partial charge >= 0.3 is 0 Å². The molecule has 1 aromatic heterocycles. The van der Waals surface area contributed by atoms with Crippen molar-refractivity contribution in [3.8, 4) is 5.88 Å². The van der Waals surface area contributed by atoms with Gasteiger partial charge in [0.05, 0.1) is 0 Å². The standard InChI is InChI=1S/C16H26N2O/c1-4-12-17-14-6-5-7-15(18-14)19-13-8-10-16(2,3)11-9-13/h5-7,13H,4,8-12H2,1-3H3,(H,17,18). The van der Waals surface area contributed by atoms with Gasteiger partial charge in [-0.2, -0.15) is 4.98 Å². The molecule has 1 aliphatic rings. The minimum atomic E-state index is 0.335. The average Bonchev–Trinajstić information content (AvgIpc) is 2.39. The van der Waals surface area contributed by atoms with Crippen LogP contribution in [0.3, 0.4) is 0 Å². The fraction of sp³-hybridized carbons (Fsp3) is 0.688. The molecule has 1 fully saturated rings. The van der Waals surface area contributed by atoms with Crippen LogP contribution in [0.1, 0.15) is 52.9 Å². The molecule has 1 N–H and O–H groups in total. The van der Waals surface area contributed by atoms with Gasteiger partial charge in [0.1, 0.15) is 11.9 Å². The summed E-state index contributed by atoms with van der Waals surface area (Å²) in [7, 11) is 0. The van der Waals surface area contributed by atoms with E-state index in [-0.39, 0.29) is 0 Å². The molecule has 3 heteroatoms. The van der Waals surface area contributed by atoms with E-state index in [0.717, 1.165) is 37.5 Å². The van der Waals surface area contributed by atoms with Crippen LogP contribution >= 0.6 is 0 Å². The summed E-state index contributed by atoms with van der Waals surface area (Å²) in [6, 6.07) is 5.95. The topological polar surface area (TPSA) is 34.1 Å². The number of nitrogens with one attached hydrogen (secondary N) is 1. The molecule has 1 saturated carbocycles. The maximum Gasteiger partial charge on any atom is 0.215 e. The Morgan fingerprint density at radius 1 is 1.32 bits per heavy atom. The zero-order valence-electron chi connectivity index (χ0n) is 12.4. The molecule has 1 aliphatic carbocycles. The van der Waals surface area contributed by atoms with Gasteiger partial charge in [0, 0.05) is 12.6 Å². The molecule has 1 heterocycles. The highest BCUT2D eigenvalue weighted by Gasteiger charge is 2.27. The van der Waals surface area contributed by atoms with Crippen LogP contribution in [0.2, 0.25) is 0 Å². The number of pyridine rings is 1. The van der Waals surface area contributed by atoms with E-state index in [4.69, 9.17) is 4.74 Å². The fourth-order valence-electron chi connectivity index (χ4n) is 2.49. The second kappa shape index (κ2) is 6.27. The van der Waals surface area contributed by atoms with E-state index < -0.39 is 0 Å². The molecule has 106 valence electrons. The third-order valence-electron chi connectivity index (χ3n) is 3.85. The Hall–Kier alpha value is -1.25. The quantitative estimate of drug-likeness (QED) is 0.861. The van der Waals surface area contributed by atoms with Crippen molar-refractivity contribution < 1.29 is 4.74 Å². The number of rotatable bonds is 5. The van der Waals surface area contributed by atoms with E-state index in [1.54, 1.807) is 0 Å². The molecule has 3 nitrogen and oxygen atoms in total. The molecule has 1 aromatic rings. The highest BCUT2D eigenvalue weighted by molar-refractivity contribution is 5.36. The van der Waals surface area contributed by atoms with Crippen molar-refractivity contribution >= 4 is 5.82 Å². The first-order valence-corrected chi connectivity index (χ1v) is 7.47. The third kappa shape index (κ3) is 4.41. The van der Waals surface area contributed by atoms with Crippen LogP contribution < -0.4 is 10.1 Å². The molecular formula is C16H26N2O. The number of hydrogen-bond acceptors (Lipinski definition) is 3. The molecular weight excluding hydrogens is 236 g/mol. The van der Waals surface area contributed by atoms with Gasteiger partial charge in [-0.15, -0.1) is 0 Å². The average molecular weight is 262 g/mol. The molecule has 0 saturated heterocycles. The van der Waals surface area contributed by atoms with Crippen LogP contribution in [0.4, 0.5) is 5.82 Å². The molecule has 0 atom stereocenters. The monoisotopic (exact) mass is 262 g/mol. The second-order valence-electron chi connectivity index (χ2n) is 6.27. The van der Waals surface area contributed by atoms with Crippen molar-refractivity contribution in [3.05, 3.63) is 18.2 Å². The minimum absolute atomic E-state index is 0.335. The van der Waals surface area contributed by atoms with Gasteiger partial charge in [-0.1, -0.05) is 26.8 Å². The van der Waals surface area contributed by atoms with Crippen LogP contribution in [-0.2, 0) is 0 Å². The van der Waals surface area contributed by atoms with Gasteiger partial charge in [-0.25, -0.2) is 0 Å². The zero-order chi connectivity index (χ0) is 13.7. The lowest BCUT2D eigenvalue weighted by molar-refractivity contribution is 0.0950. The Labute approximate surface area is 116 Å².